The van der Waals surface area contributed by atoms with Gasteiger partial charge in [0.15, 0.2) is 12.2 Å². The largest absolute Gasteiger partial charge is 0.484 e. The van der Waals surface area contributed by atoms with Crippen LogP contribution in [0.25, 0.3) is 11.1 Å². The molecule has 1 aromatic heterocycles. The van der Waals surface area contributed by atoms with E-state index in [2.05, 4.69) is 4.98 Å². The zero-order chi connectivity index (χ0) is 13.9. The first-order valence-electron chi connectivity index (χ1n) is 6.16. The molecule has 0 unspecified atom stereocenters. The number of benzene rings is 2. The number of nitrogen functional groups attached to an aromatic ring is 1. The molecule has 0 saturated heterocycles. The predicted molar refractivity (Wildman–Crippen MR) is 81.0 cm³/mol. The molecule has 2 N–H and O–H groups in total. The minimum Gasteiger partial charge on any atom is -0.484 e. The Bertz CT molecular complexity index is 722. The topological polar surface area (TPSA) is 61.3 Å². The Kier molecular flexibility index (Phi) is 3.52. The van der Waals surface area contributed by atoms with Crippen LogP contribution in [-0.2, 0) is 6.61 Å². The van der Waals surface area contributed by atoms with Crippen LogP contribution in [-0.4, -0.2) is 11.2 Å². The molecule has 0 radical (unpaired) electrons. The Morgan fingerprint density at radius 3 is 2.75 bits per heavy atom. The van der Waals surface area contributed by atoms with Gasteiger partial charge in [0.05, 0.1) is 0 Å². The number of hydrogen-bond donors (Lipinski definition) is 1. The fourth-order valence-corrected chi connectivity index (χ4v) is 2.28. The molecular formula is C15H14N2O2S. The van der Waals surface area contributed by atoms with Gasteiger partial charge in [-0.25, -0.2) is 4.98 Å². The molecule has 5 heteroatoms. The SMILES string of the molecule is CSc1ccc(OCc2nc3cc(N)ccc3o2)cc1. The standard InChI is InChI=1S/C15H14N2O2S/c1-20-12-5-3-11(4-6-12)18-9-15-17-13-8-10(16)2-7-14(13)19-15/h2-8H,9,16H2,1H3. The van der Waals surface area contributed by atoms with Gasteiger partial charge in [-0.3, -0.25) is 0 Å². The number of rotatable bonds is 4. The normalized spacial score (nSPS) is 10.8. The molecule has 20 heavy (non-hydrogen) atoms. The van der Waals surface area contributed by atoms with Gasteiger partial charge in [-0.1, -0.05) is 0 Å². The van der Waals surface area contributed by atoms with Gasteiger partial charge in [-0.15, -0.1) is 11.8 Å². The van der Waals surface area contributed by atoms with Crippen LogP contribution >= 0.6 is 11.8 Å². The molecule has 1 heterocycles. The number of aromatic nitrogens is 1. The molecule has 3 aromatic rings. The lowest BCUT2D eigenvalue weighted by Gasteiger charge is -2.03. The Hall–Kier alpha value is -2.14. The van der Waals surface area contributed by atoms with Crippen molar-refractivity contribution in [3.63, 3.8) is 0 Å². The summed E-state index contributed by atoms with van der Waals surface area (Å²) in [6, 6.07) is 13.3. The fraction of sp³-hybridized carbons (Fsp3) is 0.133. The van der Waals surface area contributed by atoms with E-state index in [4.69, 9.17) is 14.9 Å². The second-order valence-corrected chi connectivity index (χ2v) is 5.18. The van der Waals surface area contributed by atoms with Gasteiger partial charge in [-0.2, -0.15) is 0 Å². The van der Waals surface area contributed by atoms with E-state index in [1.54, 1.807) is 23.9 Å². The Morgan fingerprint density at radius 1 is 1.20 bits per heavy atom. The van der Waals surface area contributed by atoms with Crippen LogP contribution in [0.5, 0.6) is 5.75 Å². The summed E-state index contributed by atoms with van der Waals surface area (Å²) in [5.74, 6) is 1.34. The first-order chi connectivity index (χ1) is 9.74. The van der Waals surface area contributed by atoms with Crippen LogP contribution in [0.1, 0.15) is 5.89 Å². The number of oxazole rings is 1. The first-order valence-corrected chi connectivity index (χ1v) is 7.39. The lowest BCUT2D eigenvalue weighted by atomic mass is 10.3. The van der Waals surface area contributed by atoms with E-state index in [0.717, 1.165) is 16.8 Å². The van der Waals surface area contributed by atoms with Crippen LogP contribution in [0.3, 0.4) is 0 Å². The van der Waals surface area contributed by atoms with E-state index < -0.39 is 0 Å². The highest BCUT2D eigenvalue weighted by Crippen LogP contribution is 2.21. The number of hydrogen-bond acceptors (Lipinski definition) is 5. The average molecular weight is 286 g/mol. The van der Waals surface area contributed by atoms with Crippen LogP contribution in [0, 0.1) is 0 Å². The van der Waals surface area contributed by atoms with E-state index in [1.807, 2.05) is 36.6 Å². The first kappa shape index (κ1) is 12.9. The molecule has 0 saturated carbocycles. The lowest BCUT2D eigenvalue weighted by Crippen LogP contribution is -1.95. The third kappa shape index (κ3) is 2.72. The Morgan fingerprint density at radius 2 is 2.00 bits per heavy atom. The molecule has 2 aromatic carbocycles. The van der Waals surface area contributed by atoms with Gasteiger partial charge in [0, 0.05) is 10.6 Å². The lowest BCUT2D eigenvalue weighted by molar-refractivity contribution is 0.267. The van der Waals surface area contributed by atoms with E-state index >= 15 is 0 Å². The molecule has 102 valence electrons. The molecule has 0 aliphatic rings. The molecule has 0 fully saturated rings. The molecule has 4 nitrogen and oxygen atoms in total. The van der Waals surface area contributed by atoms with Crippen molar-refractivity contribution in [2.75, 3.05) is 12.0 Å². The maximum Gasteiger partial charge on any atom is 0.233 e. The summed E-state index contributed by atoms with van der Waals surface area (Å²) in [6.45, 7) is 0.299. The maximum absolute atomic E-state index is 5.71. The van der Waals surface area contributed by atoms with Crippen LogP contribution in [0.15, 0.2) is 51.8 Å². The summed E-state index contributed by atoms with van der Waals surface area (Å²) in [5, 5.41) is 0. The smallest absolute Gasteiger partial charge is 0.233 e. The summed E-state index contributed by atoms with van der Waals surface area (Å²) >= 11 is 1.70. The summed E-state index contributed by atoms with van der Waals surface area (Å²) in [7, 11) is 0. The summed E-state index contributed by atoms with van der Waals surface area (Å²) in [6.07, 6.45) is 2.04. The third-order valence-electron chi connectivity index (χ3n) is 2.88. The Labute approximate surface area is 120 Å². The summed E-state index contributed by atoms with van der Waals surface area (Å²) in [4.78, 5) is 5.55. The minimum absolute atomic E-state index is 0.299. The van der Waals surface area contributed by atoms with Crippen molar-refractivity contribution in [1.29, 1.82) is 0 Å². The molecule has 0 aliphatic carbocycles. The van der Waals surface area contributed by atoms with Gasteiger partial charge in [0.2, 0.25) is 5.89 Å². The van der Waals surface area contributed by atoms with Crippen LogP contribution in [0.4, 0.5) is 5.69 Å². The predicted octanol–water partition coefficient (Wildman–Crippen LogP) is 3.71. The van der Waals surface area contributed by atoms with Crippen molar-refractivity contribution < 1.29 is 9.15 Å². The highest BCUT2D eigenvalue weighted by molar-refractivity contribution is 7.98. The second kappa shape index (κ2) is 5.46. The zero-order valence-corrected chi connectivity index (χ0v) is 11.8. The highest BCUT2D eigenvalue weighted by atomic mass is 32.2. The van der Waals surface area contributed by atoms with Crippen LogP contribution in [0.2, 0.25) is 0 Å². The monoisotopic (exact) mass is 286 g/mol. The van der Waals surface area contributed by atoms with Crippen molar-refractivity contribution in [3.05, 3.63) is 48.4 Å². The fourth-order valence-electron chi connectivity index (χ4n) is 1.87. The molecule has 0 aliphatic heterocycles. The van der Waals surface area contributed by atoms with E-state index in [0.29, 0.717) is 18.2 Å². The van der Waals surface area contributed by atoms with E-state index in [1.165, 1.54) is 4.90 Å². The van der Waals surface area contributed by atoms with Gasteiger partial charge in [-0.05, 0) is 48.7 Å². The van der Waals surface area contributed by atoms with Gasteiger partial charge in [0.1, 0.15) is 11.3 Å². The second-order valence-electron chi connectivity index (χ2n) is 4.30. The number of nitrogens with zero attached hydrogens (tertiary/aromatic N) is 1. The Balaban J connectivity index is 1.72. The highest BCUT2D eigenvalue weighted by Gasteiger charge is 2.06. The van der Waals surface area contributed by atoms with Gasteiger partial charge < -0.3 is 14.9 Å². The van der Waals surface area contributed by atoms with Crippen LogP contribution < -0.4 is 10.5 Å². The van der Waals surface area contributed by atoms with Crippen molar-refractivity contribution in [2.45, 2.75) is 11.5 Å². The minimum atomic E-state index is 0.299. The maximum atomic E-state index is 5.71. The van der Waals surface area contributed by atoms with E-state index in [9.17, 15) is 0 Å². The molecule has 0 amide bonds. The molecule has 0 spiro atoms. The number of thioether (sulfide) groups is 1. The summed E-state index contributed by atoms with van der Waals surface area (Å²) < 4.78 is 11.2. The molecule has 0 atom stereocenters. The van der Waals surface area contributed by atoms with Crippen molar-refractivity contribution in [3.8, 4) is 5.75 Å². The van der Waals surface area contributed by atoms with Gasteiger partial charge in [0.25, 0.3) is 0 Å². The zero-order valence-electron chi connectivity index (χ0n) is 11.0. The van der Waals surface area contributed by atoms with Crippen molar-refractivity contribution >= 4 is 28.5 Å². The van der Waals surface area contributed by atoms with Gasteiger partial charge >= 0.3 is 0 Å². The molecular weight excluding hydrogens is 272 g/mol. The van der Waals surface area contributed by atoms with Crippen molar-refractivity contribution in [1.82, 2.24) is 4.98 Å². The number of fused-ring (bicyclic) bond motifs is 1. The quantitative estimate of drug-likeness (QED) is 0.585. The summed E-state index contributed by atoms with van der Waals surface area (Å²) in [5.41, 5.74) is 7.85. The number of ether oxygens (including phenoxy) is 1. The average Bonchev–Trinajstić information content (AvgIpc) is 2.87. The molecule has 0 bridgehead atoms. The molecule has 3 rings (SSSR count). The third-order valence-corrected chi connectivity index (χ3v) is 3.62. The number of nitrogens with two attached hydrogens (primary N) is 1. The van der Waals surface area contributed by atoms with Crippen molar-refractivity contribution in [2.24, 2.45) is 0 Å². The number of anilines is 1. The van der Waals surface area contributed by atoms with E-state index in [-0.39, 0.29) is 0 Å².